The first-order valence-electron chi connectivity index (χ1n) is 13.6. The van der Waals surface area contributed by atoms with E-state index in [0.29, 0.717) is 17.0 Å². The topological polar surface area (TPSA) is 231 Å². The van der Waals surface area contributed by atoms with Gasteiger partial charge in [0.15, 0.2) is 11.6 Å². The fourth-order valence-electron chi connectivity index (χ4n) is 4.55. The number of nitrogens with one attached hydrogen (secondary N) is 2. The number of halogens is 1. The molecule has 0 aliphatic carbocycles. The summed E-state index contributed by atoms with van der Waals surface area (Å²) in [6.07, 6.45) is 0. The Balaban J connectivity index is 0.00000325. The van der Waals surface area contributed by atoms with Crippen molar-refractivity contribution in [1.82, 2.24) is 14.9 Å². The number of phenols is 1. The van der Waals surface area contributed by atoms with Crippen LogP contribution in [0.2, 0.25) is 5.02 Å². The number of hydrogen-bond acceptors (Lipinski definition) is 12. The number of hydrogen-bond donors (Lipinski definition) is 3. The largest absolute Gasteiger partial charge is 1.00 e. The van der Waals surface area contributed by atoms with Gasteiger partial charge in [-0.15, -0.1) is 10.2 Å². The molecule has 1 aromatic heterocycles. The molecule has 1 aliphatic rings. The summed E-state index contributed by atoms with van der Waals surface area (Å²) in [7, 11) is -4.49. The van der Waals surface area contributed by atoms with Crippen LogP contribution in [0.1, 0.15) is 54.2 Å². The van der Waals surface area contributed by atoms with Gasteiger partial charge in [-0.1, -0.05) is 44.5 Å². The van der Waals surface area contributed by atoms with Crippen LogP contribution in [0.25, 0.3) is 11.4 Å². The van der Waals surface area contributed by atoms with E-state index in [9.17, 15) is 38.1 Å². The van der Waals surface area contributed by atoms with Crippen LogP contribution in [0.15, 0.2) is 69.6 Å². The van der Waals surface area contributed by atoms with Crippen LogP contribution in [0.5, 0.6) is 5.75 Å². The molecule has 1 amide bonds. The normalized spacial score (nSPS) is 13.1. The number of carboxylic acid groups (broad SMARTS) is 2. The Kier molecular flexibility index (Phi) is 13.3. The van der Waals surface area contributed by atoms with Crippen LogP contribution < -0.4 is 123 Å². The van der Waals surface area contributed by atoms with E-state index in [4.69, 9.17) is 21.7 Å². The molecule has 15 nitrogen and oxygen atoms in total. The number of carbonyl (C=O) groups excluding carboxylic acids is 3. The van der Waals surface area contributed by atoms with Gasteiger partial charge < -0.3 is 30.2 Å². The van der Waals surface area contributed by atoms with Gasteiger partial charge in [0.05, 0.1) is 38.9 Å². The number of fused-ring (bicyclic) bond motifs is 1. The van der Waals surface area contributed by atoms with Crippen molar-refractivity contribution in [2.24, 2.45) is 15.5 Å². The number of benzene rings is 3. The van der Waals surface area contributed by atoms with Crippen LogP contribution in [0.3, 0.4) is 0 Å². The van der Waals surface area contributed by atoms with Crippen molar-refractivity contribution in [1.29, 1.82) is 0 Å². The first-order valence-corrected chi connectivity index (χ1v) is 15.5. The molecule has 1 aliphatic heterocycles. The number of anilines is 2. The first kappa shape index (κ1) is 41.1. The van der Waals surface area contributed by atoms with E-state index < -0.39 is 49.3 Å². The molecule has 19 heteroatoms. The minimum Gasteiger partial charge on any atom is -0.545 e. The monoisotopic (exact) mass is 755 g/mol. The Morgan fingerprint density at radius 2 is 1.55 bits per heavy atom. The molecule has 0 atom stereocenters. The number of rotatable bonds is 8. The molecule has 3 N–H and O–H groups in total. The Hall–Kier alpha value is -2.34. The molecule has 0 saturated heterocycles. The number of aromatic carboxylic acids is 2. The summed E-state index contributed by atoms with van der Waals surface area (Å²) in [5.41, 5.74) is -0.284. The quantitative estimate of drug-likeness (QED) is 0.117. The molecular weight excluding hydrogens is 732 g/mol. The standard InChI is InChI=1S/C30H26ClN7O8S.2K/c1-14(39)32-22-13-19(12-21(31)24(22)40)33-23-25(30(2,3)4)36-38-26(34-35-27(23)38)15-6-5-7-18(9-15)37-47(45,46)20-10-16(28(41)42)8-17(11-20)29(43)44;;/h5-13,37,40H,1-4H3,(H,32,39)(H,41,42)(H,43,44);;/q;2*+1/p-2. The number of aromatic nitrogens is 3. The van der Waals surface area contributed by atoms with Crippen LogP contribution in [-0.2, 0) is 14.8 Å². The molecule has 5 rings (SSSR count). The molecule has 0 unspecified atom stereocenters. The average molecular weight is 756 g/mol. The molecule has 0 spiro atoms. The van der Waals surface area contributed by atoms with Crippen molar-refractivity contribution in [2.45, 2.75) is 32.6 Å². The summed E-state index contributed by atoms with van der Waals surface area (Å²) in [6, 6.07) is 11.1. The van der Waals surface area contributed by atoms with Crippen molar-refractivity contribution in [3.8, 4) is 17.1 Å². The SMILES string of the molecule is CC(=O)Nc1cc(N=C2C(C(C)(C)C)=Nn3c2nnc3-c2cccc(NS(=O)(=O)c3cc(C(=O)[O-])cc(C(=O)[O-])c3)c2)cc(Cl)c1O.[K+].[K+]. The molecule has 4 aromatic rings. The van der Waals surface area contributed by atoms with E-state index in [0.717, 1.165) is 18.2 Å². The molecule has 49 heavy (non-hydrogen) atoms. The van der Waals surface area contributed by atoms with Gasteiger partial charge in [0.1, 0.15) is 5.71 Å². The van der Waals surface area contributed by atoms with Gasteiger partial charge in [0.25, 0.3) is 10.0 Å². The number of carboxylic acids is 2. The zero-order chi connectivity index (χ0) is 34.4. The van der Waals surface area contributed by atoms with Gasteiger partial charge in [-0.05, 0) is 53.6 Å². The van der Waals surface area contributed by atoms with E-state index in [1.54, 1.807) is 6.07 Å². The minimum absolute atomic E-state index is 0. The third-order valence-electron chi connectivity index (χ3n) is 6.65. The first-order chi connectivity index (χ1) is 21.9. The molecule has 0 bridgehead atoms. The van der Waals surface area contributed by atoms with Gasteiger partial charge in [-0.3, -0.25) is 9.52 Å². The third kappa shape index (κ3) is 9.13. The summed E-state index contributed by atoms with van der Waals surface area (Å²) >= 11 is 6.20. The van der Waals surface area contributed by atoms with Crippen LogP contribution in [0.4, 0.5) is 17.1 Å². The van der Waals surface area contributed by atoms with Crippen molar-refractivity contribution in [3.05, 3.63) is 76.6 Å². The van der Waals surface area contributed by atoms with E-state index in [1.165, 1.54) is 41.9 Å². The summed E-state index contributed by atoms with van der Waals surface area (Å²) in [6.45, 7) is 7.00. The van der Waals surface area contributed by atoms with E-state index in [-0.39, 0.29) is 142 Å². The maximum atomic E-state index is 13.2. The number of carbonyl (C=O) groups is 3. The zero-order valence-electron chi connectivity index (χ0n) is 27.0. The van der Waals surface area contributed by atoms with E-state index in [2.05, 4.69) is 20.2 Å². The second kappa shape index (κ2) is 15.9. The van der Waals surface area contributed by atoms with Gasteiger partial charge >= 0.3 is 103 Å². The van der Waals surface area contributed by atoms with Crippen LogP contribution in [0, 0.1) is 5.41 Å². The van der Waals surface area contributed by atoms with Gasteiger partial charge in [-0.2, -0.15) is 9.78 Å². The van der Waals surface area contributed by atoms with Crippen LogP contribution >= 0.6 is 11.6 Å². The fraction of sp³-hybridized carbons (Fsp3) is 0.167. The van der Waals surface area contributed by atoms with Gasteiger partial charge in [0.2, 0.25) is 11.7 Å². The van der Waals surface area contributed by atoms with Crippen molar-refractivity contribution in [3.63, 3.8) is 0 Å². The minimum atomic E-state index is -4.49. The third-order valence-corrected chi connectivity index (χ3v) is 8.30. The van der Waals surface area contributed by atoms with Crippen LogP contribution in [-0.4, -0.2) is 57.7 Å². The Labute approximate surface area is 370 Å². The molecule has 242 valence electrons. The second-order valence-electron chi connectivity index (χ2n) is 11.3. The summed E-state index contributed by atoms with van der Waals surface area (Å²) < 4.78 is 30.1. The maximum Gasteiger partial charge on any atom is 1.00 e. The fourth-order valence-corrected chi connectivity index (χ4v) is 5.89. The molecule has 0 fully saturated rings. The number of amides is 1. The smallest absolute Gasteiger partial charge is 0.545 e. The molecule has 0 saturated carbocycles. The summed E-state index contributed by atoms with van der Waals surface area (Å²) in [4.78, 5) is 38.4. The number of sulfonamides is 1. The number of aromatic hydroxyl groups is 1. The molecule has 2 heterocycles. The summed E-state index contributed by atoms with van der Waals surface area (Å²) in [5.74, 6) is -3.84. The Bertz CT molecular complexity index is 2150. The number of phenolic OH excluding ortho intramolecular Hbond substituents is 1. The zero-order valence-corrected chi connectivity index (χ0v) is 34.8. The second-order valence-corrected chi connectivity index (χ2v) is 13.4. The predicted octanol–water partition coefficient (Wildman–Crippen LogP) is -3.82. The number of nitrogens with zero attached hydrogens (tertiary/aromatic N) is 5. The molecule has 0 radical (unpaired) electrons. The number of aliphatic imine (C=N–C) groups is 1. The van der Waals surface area contributed by atoms with E-state index >= 15 is 0 Å². The van der Waals surface area contributed by atoms with Crippen molar-refractivity contribution in [2.75, 3.05) is 10.0 Å². The predicted molar refractivity (Wildman–Crippen MR) is 167 cm³/mol. The average Bonchev–Trinajstić information content (AvgIpc) is 3.55. The van der Waals surface area contributed by atoms with Gasteiger partial charge in [-0.25, -0.2) is 13.4 Å². The van der Waals surface area contributed by atoms with Crippen molar-refractivity contribution < 1.29 is 141 Å². The molecule has 3 aromatic carbocycles. The van der Waals surface area contributed by atoms with E-state index in [1.807, 2.05) is 20.8 Å². The summed E-state index contributed by atoms with van der Waals surface area (Å²) in [5, 5.41) is 48.7. The van der Waals surface area contributed by atoms with Crippen molar-refractivity contribution >= 4 is 68.0 Å². The Morgan fingerprint density at radius 1 is 0.939 bits per heavy atom. The van der Waals surface area contributed by atoms with Gasteiger partial charge in [0, 0.05) is 23.6 Å². The Morgan fingerprint density at radius 3 is 2.12 bits per heavy atom. The maximum absolute atomic E-state index is 13.2. The molecular formula is C30H24ClK2N7O8S.